The molecule has 1 fully saturated rings. The lowest BCUT2D eigenvalue weighted by atomic mass is 9.93. The van der Waals surface area contributed by atoms with Gasteiger partial charge < -0.3 is 11.1 Å². The van der Waals surface area contributed by atoms with Crippen molar-refractivity contribution in [3.05, 3.63) is 29.3 Å². The van der Waals surface area contributed by atoms with E-state index in [0.29, 0.717) is 5.69 Å². The first-order valence-corrected chi connectivity index (χ1v) is 6.51. The maximum absolute atomic E-state index is 12.3. The molecule has 0 spiro atoms. The number of guanidine groups is 1. The molecule has 5 nitrogen and oxygen atoms in total. The first kappa shape index (κ1) is 13.4. The third-order valence-corrected chi connectivity index (χ3v) is 3.54. The average molecular weight is 260 g/mol. The van der Waals surface area contributed by atoms with Gasteiger partial charge in [-0.25, -0.2) is 9.69 Å². The molecule has 0 aromatic heterocycles. The molecule has 4 N–H and O–H groups in total. The summed E-state index contributed by atoms with van der Waals surface area (Å²) in [6.07, 6.45) is 3.16. The summed E-state index contributed by atoms with van der Waals surface area (Å²) < 4.78 is 0. The molecule has 0 bridgehead atoms. The van der Waals surface area contributed by atoms with Crippen LogP contribution in [0.1, 0.15) is 30.4 Å². The summed E-state index contributed by atoms with van der Waals surface area (Å²) >= 11 is 0. The van der Waals surface area contributed by atoms with Gasteiger partial charge in [0.2, 0.25) is 5.96 Å². The molecule has 0 saturated heterocycles. The van der Waals surface area contributed by atoms with E-state index in [-0.39, 0.29) is 18.0 Å². The molecule has 2 rings (SSSR count). The number of hydrogen-bond donors (Lipinski definition) is 3. The van der Waals surface area contributed by atoms with Gasteiger partial charge in [0.1, 0.15) is 0 Å². The van der Waals surface area contributed by atoms with Gasteiger partial charge in [0.15, 0.2) is 0 Å². The number of benzene rings is 1. The SMILES string of the molecule is Cc1cccc(C)c1N(C(=N)N)C(=O)NC1CCC1. The van der Waals surface area contributed by atoms with Gasteiger partial charge in [-0.2, -0.15) is 0 Å². The van der Waals surface area contributed by atoms with Gasteiger partial charge in [-0.1, -0.05) is 18.2 Å². The second kappa shape index (κ2) is 5.30. The zero-order valence-corrected chi connectivity index (χ0v) is 11.4. The van der Waals surface area contributed by atoms with E-state index in [1.165, 1.54) is 4.90 Å². The third-order valence-electron chi connectivity index (χ3n) is 3.54. The molecule has 102 valence electrons. The van der Waals surface area contributed by atoms with Gasteiger partial charge in [-0.3, -0.25) is 5.41 Å². The van der Waals surface area contributed by atoms with Crippen LogP contribution in [0.25, 0.3) is 0 Å². The number of nitrogens with zero attached hydrogens (tertiary/aromatic N) is 1. The second-order valence-electron chi connectivity index (χ2n) is 5.04. The lowest BCUT2D eigenvalue weighted by Gasteiger charge is -2.31. The summed E-state index contributed by atoms with van der Waals surface area (Å²) in [4.78, 5) is 13.5. The van der Waals surface area contributed by atoms with Crippen molar-refractivity contribution < 1.29 is 4.79 Å². The molecule has 5 heteroatoms. The van der Waals surface area contributed by atoms with Gasteiger partial charge in [0, 0.05) is 6.04 Å². The number of nitrogens with two attached hydrogens (primary N) is 1. The number of nitrogens with one attached hydrogen (secondary N) is 2. The highest BCUT2D eigenvalue weighted by molar-refractivity contribution is 6.14. The highest BCUT2D eigenvalue weighted by Gasteiger charge is 2.26. The number of para-hydroxylation sites is 1. The second-order valence-corrected chi connectivity index (χ2v) is 5.04. The van der Waals surface area contributed by atoms with E-state index in [9.17, 15) is 4.79 Å². The Morgan fingerprint density at radius 2 is 1.95 bits per heavy atom. The zero-order valence-electron chi connectivity index (χ0n) is 11.4. The monoisotopic (exact) mass is 260 g/mol. The molecule has 0 heterocycles. The molecule has 1 aliphatic rings. The fourth-order valence-electron chi connectivity index (χ4n) is 2.28. The minimum atomic E-state index is -0.311. The van der Waals surface area contributed by atoms with Crippen molar-refractivity contribution in [1.29, 1.82) is 5.41 Å². The fraction of sp³-hybridized carbons (Fsp3) is 0.429. The van der Waals surface area contributed by atoms with Crippen molar-refractivity contribution in [1.82, 2.24) is 5.32 Å². The van der Waals surface area contributed by atoms with Crippen molar-refractivity contribution >= 4 is 17.7 Å². The normalized spacial score (nSPS) is 14.6. The number of hydrogen-bond acceptors (Lipinski definition) is 2. The summed E-state index contributed by atoms with van der Waals surface area (Å²) in [6.45, 7) is 3.82. The van der Waals surface area contributed by atoms with E-state index in [1.807, 2.05) is 32.0 Å². The Hall–Kier alpha value is -2.04. The molecule has 1 saturated carbocycles. The molecule has 1 aromatic rings. The number of carbonyl (C=O) groups is 1. The van der Waals surface area contributed by atoms with E-state index in [2.05, 4.69) is 5.32 Å². The summed E-state index contributed by atoms with van der Waals surface area (Å²) in [7, 11) is 0. The fourth-order valence-corrected chi connectivity index (χ4v) is 2.28. The lowest BCUT2D eigenvalue weighted by Crippen LogP contribution is -2.52. The number of urea groups is 1. The predicted molar refractivity (Wildman–Crippen MR) is 76.5 cm³/mol. The standard InChI is InChI=1S/C14H20N4O/c1-9-5-3-6-10(2)12(9)18(13(15)16)14(19)17-11-7-4-8-11/h3,5-6,11H,4,7-8H2,1-2H3,(H3,15,16)(H,17,19). The lowest BCUT2D eigenvalue weighted by molar-refractivity contribution is 0.236. The Balaban J connectivity index is 2.28. The molecular formula is C14H20N4O. The van der Waals surface area contributed by atoms with Crippen molar-refractivity contribution in [3.8, 4) is 0 Å². The molecule has 2 amide bonds. The Labute approximate surface area is 113 Å². The Bertz CT molecular complexity index is 488. The van der Waals surface area contributed by atoms with Gasteiger partial charge in [-0.05, 0) is 44.2 Å². The van der Waals surface area contributed by atoms with Crippen LogP contribution >= 0.6 is 0 Å². The first-order valence-electron chi connectivity index (χ1n) is 6.51. The molecule has 0 radical (unpaired) electrons. The van der Waals surface area contributed by atoms with Gasteiger partial charge >= 0.3 is 6.03 Å². The number of anilines is 1. The summed E-state index contributed by atoms with van der Waals surface area (Å²) in [5.74, 6) is -0.255. The quantitative estimate of drug-likeness (QED) is 0.563. The molecule has 1 aromatic carbocycles. The summed E-state index contributed by atoms with van der Waals surface area (Å²) in [5, 5.41) is 10.6. The molecule has 1 aliphatic carbocycles. The van der Waals surface area contributed by atoms with Crippen molar-refractivity contribution in [3.63, 3.8) is 0 Å². The maximum Gasteiger partial charge on any atom is 0.329 e. The molecular weight excluding hydrogens is 240 g/mol. The largest absolute Gasteiger partial charge is 0.369 e. The van der Waals surface area contributed by atoms with Gasteiger partial charge in [0.05, 0.1) is 5.69 Å². The molecule has 19 heavy (non-hydrogen) atoms. The van der Waals surface area contributed by atoms with E-state index >= 15 is 0 Å². The Morgan fingerprint density at radius 3 is 2.37 bits per heavy atom. The van der Waals surface area contributed by atoms with Crippen molar-refractivity contribution in [2.24, 2.45) is 5.73 Å². The summed E-state index contributed by atoms with van der Waals surface area (Å²) in [6, 6.07) is 5.66. The van der Waals surface area contributed by atoms with Gasteiger partial charge in [-0.15, -0.1) is 0 Å². The summed E-state index contributed by atoms with van der Waals surface area (Å²) in [5.41, 5.74) is 8.15. The van der Waals surface area contributed by atoms with Crippen LogP contribution in [0.2, 0.25) is 0 Å². The minimum Gasteiger partial charge on any atom is -0.369 e. The number of rotatable bonds is 2. The van der Waals surface area contributed by atoms with Crippen LogP contribution in [0, 0.1) is 19.3 Å². The van der Waals surface area contributed by atoms with E-state index < -0.39 is 0 Å². The number of aryl methyl sites for hydroxylation is 2. The van der Waals surface area contributed by atoms with Crippen molar-refractivity contribution in [2.75, 3.05) is 4.90 Å². The first-order chi connectivity index (χ1) is 9.00. The maximum atomic E-state index is 12.3. The average Bonchev–Trinajstić information content (AvgIpc) is 2.28. The van der Waals surface area contributed by atoms with E-state index in [4.69, 9.17) is 11.1 Å². The van der Waals surface area contributed by atoms with Crippen LogP contribution in [0.15, 0.2) is 18.2 Å². The van der Waals surface area contributed by atoms with Crippen LogP contribution in [-0.4, -0.2) is 18.0 Å². The molecule has 0 aliphatic heterocycles. The number of amides is 2. The van der Waals surface area contributed by atoms with Gasteiger partial charge in [0.25, 0.3) is 0 Å². The highest BCUT2D eigenvalue weighted by atomic mass is 16.2. The molecule has 0 unspecified atom stereocenters. The Morgan fingerprint density at radius 1 is 1.37 bits per heavy atom. The van der Waals surface area contributed by atoms with E-state index in [1.54, 1.807) is 0 Å². The Kier molecular flexibility index (Phi) is 3.74. The molecule has 0 atom stereocenters. The van der Waals surface area contributed by atoms with Crippen LogP contribution in [0.4, 0.5) is 10.5 Å². The number of carbonyl (C=O) groups excluding carboxylic acids is 1. The predicted octanol–water partition coefficient (Wildman–Crippen LogP) is 2.27. The highest BCUT2D eigenvalue weighted by Crippen LogP contribution is 2.25. The van der Waals surface area contributed by atoms with Crippen LogP contribution < -0.4 is 16.0 Å². The van der Waals surface area contributed by atoms with Crippen LogP contribution in [-0.2, 0) is 0 Å². The third kappa shape index (κ3) is 2.70. The van der Waals surface area contributed by atoms with Crippen LogP contribution in [0.5, 0.6) is 0 Å². The zero-order chi connectivity index (χ0) is 14.0. The topological polar surface area (TPSA) is 82.2 Å². The van der Waals surface area contributed by atoms with Crippen LogP contribution in [0.3, 0.4) is 0 Å². The minimum absolute atomic E-state index is 0.221. The van der Waals surface area contributed by atoms with Crippen molar-refractivity contribution in [2.45, 2.75) is 39.2 Å². The smallest absolute Gasteiger partial charge is 0.329 e. The van der Waals surface area contributed by atoms with E-state index in [0.717, 1.165) is 30.4 Å².